The molecular weight excluding hydrogens is 460 g/mol. The van der Waals surface area contributed by atoms with E-state index in [1.54, 1.807) is 38.3 Å². The van der Waals surface area contributed by atoms with Gasteiger partial charge in [0.15, 0.2) is 0 Å². The number of aliphatic hydroxyl groups excluding tert-OH is 1. The molecule has 34 heavy (non-hydrogen) atoms. The third kappa shape index (κ3) is 4.39. The highest BCUT2D eigenvalue weighted by molar-refractivity contribution is 8.03. The van der Waals surface area contributed by atoms with Crippen LogP contribution in [0.3, 0.4) is 0 Å². The summed E-state index contributed by atoms with van der Waals surface area (Å²) in [5.41, 5.74) is 1.00. The molecule has 2 saturated heterocycles. The first kappa shape index (κ1) is 24.5. The number of ether oxygens (including phenoxy) is 1. The van der Waals surface area contributed by atoms with Crippen LogP contribution in [0.1, 0.15) is 25.8 Å². The van der Waals surface area contributed by atoms with Crippen LogP contribution in [0, 0.1) is 11.8 Å². The van der Waals surface area contributed by atoms with Crippen LogP contribution in [0.4, 0.5) is 4.79 Å². The lowest BCUT2D eigenvalue weighted by atomic mass is 9.79. The van der Waals surface area contributed by atoms with Gasteiger partial charge in [-0.3, -0.25) is 24.4 Å². The van der Waals surface area contributed by atoms with E-state index < -0.39 is 18.2 Å². The average Bonchev–Trinajstić information content (AvgIpc) is 3.25. The van der Waals surface area contributed by atoms with E-state index in [4.69, 9.17) is 4.74 Å². The minimum atomic E-state index is -1.49. The van der Waals surface area contributed by atoms with Crippen molar-refractivity contribution in [1.29, 1.82) is 0 Å². The smallest absolute Gasteiger partial charge is 0.449 e. The van der Waals surface area contributed by atoms with Gasteiger partial charge in [-0.25, -0.2) is 4.79 Å². The zero-order valence-corrected chi connectivity index (χ0v) is 20.4. The fraction of sp³-hybridized carbons (Fsp3) is 0.565. The Morgan fingerprint density at radius 2 is 2.12 bits per heavy atom. The number of β-lactam (4-membered cyclic amide) rings is 1. The number of likely N-dealkylation sites (N-methyl/N-ethyl adjacent to an activating group) is 1. The van der Waals surface area contributed by atoms with Crippen LogP contribution in [0.15, 0.2) is 35.3 Å². The number of thioether (sulfide) groups is 1. The summed E-state index contributed by atoms with van der Waals surface area (Å²) in [4.78, 5) is 46.9. The number of fused-ring (bicyclic) bond motifs is 1. The minimum Gasteiger partial charge on any atom is -0.449 e. The second kappa shape index (κ2) is 9.55. The molecular formula is C23H30N4O6S. The highest BCUT2D eigenvalue weighted by atomic mass is 32.2. The molecule has 184 valence electrons. The third-order valence-corrected chi connectivity index (χ3v) is 8.22. The number of carboxylic acid groups (broad SMARTS) is 1. The van der Waals surface area contributed by atoms with Gasteiger partial charge in [-0.15, -0.1) is 11.8 Å². The van der Waals surface area contributed by atoms with Crippen molar-refractivity contribution in [3.8, 4) is 0 Å². The summed E-state index contributed by atoms with van der Waals surface area (Å²) < 4.78 is 5.07. The van der Waals surface area contributed by atoms with Crippen molar-refractivity contribution >= 4 is 29.7 Å². The number of amides is 2. The Labute approximate surface area is 202 Å². The zero-order valence-electron chi connectivity index (χ0n) is 19.6. The molecule has 0 aliphatic carbocycles. The van der Waals surface area contributed by atoms with Gasteiger partial charge in [0.1, 0.15) is 0 Å². The predicted octanol–water partition coefficient (Wildman–Crippen LogP) is 1.57. The van der Waals surface area contributed by atoms with Crippen LogP contribution in [-0.4, -0.2) is 91.9 Å². The normalized spacial score (nSPS) is 29.6. The van der Waals surface area contributed by atoms with Crippen LogP contribution in [0.2, 0.25) is 0 Å². The Bertz CT molecular complexity index is 1000. The van der Waals surface area contributed by atoms with Gasteiger partial charge in [0.05, 0.1) is 29.0 Å². The zero-order chi connectivity index (χ0) is 24.7. The van der Waals surface area contributed by atoms with Gasteiger partial charge in [0, 0.05) is 50.7 Å². The van der Waals surface area contributed by atoms with Crippen molar-refractivity contribution in [3.05, 3.63) is 40.9 Å². The van der Waals surface area contributed by atoms with Gasteiger partial charge in [-0.05, 0) is 25.0 Å². The Morgan fingerprint density at radius 3 is 2.71 bits per heavy atom. The summed E-state index contributed by atoms with van der Waals surface area (Å²) >= 11 is 1.47. The van der Waals surface area contributed by atoms with Crippen molar-refractivity contribution in [2.75, 3.05) is 20.6 Å². The van der Waals surface area contributed by atoms with Gasteiger partial charge in [-0.1, -0.05) is 13.0 Å². The number of aromatic nitrogens is 1. The molecule has 1 aromatic heterocycles. The summed E-state index contributed by atoms with van der Waals surface area (Å²) in [5.74, 6) is -1.06. The first-order valence-corrected chi connectivity index (χ1v) is 12.1. The van der Waals surface area contributed by atoms with Crippen LogP contribution in [0.25, 0.3) is 0 Å². The van der Waals surface area contributed by atoms with E-state index >= 15 is 0 Å². The van der Waals surface area contributed by atoms with Gasteiger partial charge >= 0.3 is 6.16 Å². The second-order valence-corrected chi connectivity index (χ2v) is 10.6. The molecule has 2 amide bonds. The lowest BCUT2D eigenvalue weighted by Gasteiger charge is -2.45. The highest BCUT2D eigenvalue weighted by Crippen LogP contribution is 2.52. The monoisotopic (exact) mass is 490 g/mol. The number of aliphatic hydroxyl groups is 1. The number of hydrogen-bond donors (Lipinski definition) is 2. The summed E-state index contributed by atoms with van der Waals surface area (Å²) in [7, 11) is 3.47. The molecule has 0 saturated carbocycles. The summed E-state index contributed by atoms with van der Waals surface area (Å²) in [6.45, 7) is 4.67. The molecule has 3 aliphatic rings. The van der Waals surface area contributed by atoms with E-state index in [-0.39, 0.29) is 40.9 Å². The van der Waals surface area contributed by atoms with Crippen LogP contribution >= 0.6 is 11.8 Å². The summed E-state index contributed by atoms with van der Waals surface area (Å²) in [5, 5.41) is 19.4. The first-order chi connectivity index (χ1) is 16.1. The fourth-order valence-corrected chi connectivity index (χ4v) is 6.68. The number of carbonyl (C=O) groups excluding carboxylic acids is 2. The maximum Gasteiger partial charge on any atom is 0.512 e. The second-order valence-electron chi connectivity index (χ2n) is 9.31. The molecule has 2 N–H and O–H groups in total. The molecule has 11 heteroatoms. The minimum absolute atomic E-state index is 0.00535. The number of rotatable bonds is 7. The number of hydrogen-bond acceptors (Lipinski definition) is 8. The van der Waals surface area contributed by atoms with Crippen LogP contribution < -0.4 is 0 Å². The number of nitrogens with zero attached hydrogens (tertiary/aromatic N) is 4. The first-order valence-electron chi connectivity index (χ1n) is 11.3. The molecule has 6 atom stereocenters. The van der Waals surface area contributed by atoms with E-state index in [0.29, 0.717) is 24.4 Å². The molecule has 10 nitrogen and oxygen atoms in total. The van der Waals surface area contributed by atoms with Gasteiger partial charge in [0.2, 0.25) is 17.7 Å². The quantitative estimate of drug-likeness (QED) is 0.433. The molecule has 4 rings (SSSR count). The predicted molar refractivity (Wildman–Crippen MR) is 124 cm³/mol. The number of pyridine rings is 1. The lowest BCUT2D eigenvalue weighted by molar-refractivity contribution is -0.163. The van der Waals surface area contributed by atoms with Crippen molar-refractivity contribution in [3.63, 3.8) is 0 Å². The van der Waals surface area contributed by atoms with E-state index in [9.17, 15) is 24.6 Å². The van der Waals surface area contributed by atoms with Gasteiger partial charge in [-0.2, -0.15) is 0 Å². The van der Waals surface area contributed by atoms with Crippen molar-refractivity contribution in [2.45, 2.75) is 50.3 Å². The molecule has 0 spiro atoms. The molecule has 2 fully saturated rings. The van der Waals surface area contributed by atoms with Gasteiger partial charge in [0.25, 0.3) is 0 Å². The highest BCUT2D eigenvalue weighted by Gasteiger charge is 2.60. The topological polar surface area (TPSA) is 124 Å². The lowest BCUT2D eigenvalue weighted by Crippen LogP contribution is -2.63. The molecule has 3 aliphatic heterocycles. The molecule has 0 aromatic carbocycles. The molecule has 0 bridgehead atoms. The van der Waals surface area contributed by atoms with Gasteiger partial charge < -0.3 is 19.8 Å². The van der Waals surface area contributed by atoms with E-state index in [1.165, 1.54) is 16.7 Å². The summed E-state index contributed by atoms with van der Waals surface area (Å²) in [6, 6.07) is 3.17. The Hall–Kier alpha value is -2.63. The van der Waals surface area contributed by atoms with E-state index in [0.717, 1.165) is 5.56 Å². The number of carbonyl (C=O) groups is 3. The van der Waals surface area contributed by atoms with Crippen molar-refractivity contribution in [1.82, 2.24) is 19.7 Å². The maximum absolute atomic E-state index is 12.9. The van der Waals surface area contributed by atoms with Crippen LogP contribution in [-0.2, 0) is 20.9 Å². The Balaban J connectivity index is 1.57. The van der Waals surface area contributed by atoms with E-state index in [2.05, 4.69) is 9.88 Å². The van der Waals surface area contributed by atoms with Crippen molar-refractivity contribution < 1.29 is 29.3 Å². The fourth-order valence-electron chi connectivity index (χ4n) is 5.18. The SMILES string of the molecule is C[C@H]1C(S[C@H]2C[C@@H](C(=O)N(C)C)N(Cc3cccnc3)C2)=C(OC(=O)O)N2C(=O)[C@H]([C@@H](C)O)C12. The molecule has 4 heterocycles. The molecule has 1 unspecified atom stereocenters. The standard InChI is InChI=1S/C23H30N4O6S/c1-12-18-17(13(2)28)21(30)27(18)22(33-23(31)32)19(12)34-15-8-16(20(29)25(3)4)26(11-15)10-14-6-5-7-24-9-14/h5-7,9,12-13,15-18,28H,8,10-11H2,1-4H3,(H,31,32)/t12-,13-,15+,16+,17-,18?/m1/s1. The summed E-state index contributed by atoms with van der Waals surface area (Å²) in [6.07, 6.45) is 1.74. The maximum atomic E-state index is 12.9. The van der Waals surface area contributed by atoms with Crippen LogP contribution in [0.5, 0.6) is 0 Å². The molecule has 1 aromatic rings. The third-order valence-electron chi connectivity index (χ3n) is 6.74. The Morgan fingerprint density at radius 1 is 1.38 bits per heavy atom. The van der Waals surface area contributed by atoms with Crippen molar-refractivity contribution in [2.24, 2.45) is 11.8 Å². The molecule has 0 radical (unpaired) electrons. The average molecular weight is 491 g/mol. The number of likely N-dealkylation sites (tertiary alicyclic amines) is 1. The van der Waals surface area contributed by atoms with E-state index in [1.807, 2.05) is 19.1 Å². The Kier molecular flexibility index (Phi) is 6.88. The largest absolute Gasteiger partial charge is 0.512 e.